The third kappa shape index (κ3) is 3.60. The first-order valence-electron chi connectivity index (χ1n) is 6.47. The number of piperidine rings is 1. The minimum atomic E-state index is 0.562. The molecule has 1 saturated heterocycles. The average Bonchev–Trinajstić information content (AvgIpc) is 2.32. The van der Waals surface area contributed by atoms with Crippen molar-refractivity contribution in [3.63, 3.8) is 0 Å². The molecule has 1 aliphatic heterocycles. The van der Waals surface area contributed by atoms with Gasteiger partial charge in [-0.1, -0.05) is 6.92 Å². The van der Waals surface area contributed by atoms with Gasteiger partial charge in [0.05, 0.1) is 17.6 Å². The van der Waals surface area contributed by atoms with Crippen molar-refractivity contribution in [2.75, 3.05) is 30.7 Å². The highest BCUT2D eigenvalue weighted by Crippen LogP contribution is 2.17. The van der Waals surface area contributed by atoms with Crippen molar-refractivity contribution in [1.82, 2.24) is 9.88 Å². The maximum Gasteiger partial charge on any atom is 0.0549 e. The van der Waals surface area contributed by atoms with Gasteiger partial charge < -0.3 is 16.0 Å². The Morgan fingerprint density at radius 1 is 1.41 bits per heavy atom. The first kappa shape index (κ1) is 12.2. The lowest BCUT2D eigenvalue weighted by Gasteiger charge is -2.32. The SMILES string of the molecule is CCCN1CCC(Nc2cncc(N)c2)CC1. The van der Waals surface area contributed by atoms with Gasteiger partial charge in [0, 0.05) is 25.3 Å². The lowest BCUT2D eigenvalue weighted by Crippen LogP contribution is -2.39. The van der Waals surface area contributed by atoms with Gasteiger partial charge in [-0.2, -0.15) is 0 Å². The van der Waals surface area contributed by atoms with Crippen molar-refractivity contribution in [3.8, 4) is 0 Å². The number of likely N-dealkylation sites (tertiary alicyclic amines) is 1. The lowest BCUT2D eigenvalue weighted by atomic mass is 10.0. The molecule has 2 heterocycles. The molecule has 1 aromatic rings. The fourth-order valence-corrected chi connectivity index (χ4v) is 2.39. The first-order chi connectivity index (χ1) is 8.28. The summed E-state index contributed by atoms with van der Waals surface area (Å²) in [7, 11) is 0. The molecule has 2 rings (SSSR count). The van der Waals surface area contributed by atoms with E-state index in [1.807, 2.05) is 12.3 Å². The summed E-state index contributed by atoms with van der Waals surface area (Å²) in [6.45, 7) is 5.86. The predicted molar refractivity (Wildman–Crippen MR) is 72.0 cm³/mol. The second-order valence-electron chi connectivity index (χ2n) is 4.77. The van der Waals surface area contributed by atoms with Crippen LogP contribution in [-0.4, -0.2) is 35.6 Å². The van der Waals surface area contributed by atoms with Crippen LogP contribution in [0.5, 0.6) is 0 Å². The van der Waals surface area contributed by atoms with Crippen LogP contribution in [0.1, 0.15) is 26.2 Å². The lowest BCUT2D eigenvalue weighted by molar-refractivity contribution is 0.219. The monoisotopic (exact) mass is 234 g/mol. The van der Waals surface area contributed by atoms with Crippen LogP contribution in [0.3, 0.4) is 0 Å². The molecular weight excluding hydrogens is 212 g/mol. The number of rotatable bonds is 4. The van der Waals surface area contributed by atoms with Crippen LogP contribution < -0.4 is 11.1 Å². The molecule has 1 fully saturated rings. The van der Waals surface area contributed by atoms with Crippen LogP contribution in [-0.2, 0) is 0 Å². The van der Waals surface area contributed by atoms with Crippen LogP contribution in [0.25, 0.3) is 0 Å². The van der Waals surface area contributed by atoms with Gasteiger partial charge in [0.2, 0.25) is 0 Å². The second kappa shape index (κ2) is 5.87. The molecule has 0 saturated carbocycles. The number of pyridine rings is 1. The number of anilines is 2. The molecule has 0 aromatic carbocycles. The van der Waals surface area contributed by atoms with E-state index < -0.39 is 0 Å². The molecule has 0 aliphatic carbocycles. The molecular formula is C13H22N4. The number of nitrogens with two attached hydrogens (primary N) is 1. The molecule has 0 atom stereocenters. The Morgan fingerprint density at radius 2 is 2.18 bits per heavy atom. The summed E-state index contributed by atoms with van der Waals surface area (Å²) in [5, 5.41) is 3.52. The highest BCUT2D eigenvalue weighted by molar-refractivity contribution is 5.51. The van der Waals surface area contributed by atoms with Crippen LogP contribution in [0.4, 0.5) is 11.4 Å². The van der Waals surface area contributed by atoms with Crippen LogP contribution in [0, 0.1) is 0 Å². The fourth-order valence-electron chi connectivity index (χ4n) is 2.39. The molecule has 1 aromatic heterocycles. The third-order valence-corrected chi connectivity index (χ3v) is 3.26. The number of hydrogen-bond acceptors (Lipinski definition) is 4. The predicted octanol–water partition coefficient (Wildman–Crippen LogP) is 1.95. The average molecular weight is 234 g/mol. The van der Waals surface area contributed by atoms with Gasteiger partial charge in [0.15, 0.2) is 0 Å². The number of nitrogens with one attached hydrogen (secondary N) is 1. The van der Waals surface area contributed by atoms with Crippen molar-refractivity contribution < 1.29 is 0 Å². The number of aromatic nitrogens is 1. The topological polar surface area (TPSA) is 54.2 Å². The van der Waals surface area contributed by atoms with E-state index in [4.69, 9.17) is 5.73 Å². The maximum atomic E-state index is 5.71. The summed E-state index contributed by atoms with van der Waals surface area (Å²) in [6.07, 6.45) is 7.17. The highest BCUT2D eigenvalue weighted by Gasteiger charge is 2.18. The largest absolute Gasteiger partial charge is 0.397 e. The Labute approximate surface area is 103 Å². The van der Waals surface area contributed by atoms with Gasteiger partial charge >= 0.3 is 0 Å². The summed E-state index contributed by atoms with van der Waals surface area (Å²) < 4.78 is 0. The first-order valence-corrected chi connectivity index (χ1v) is 6.47. The van der Waals surface area contributed by atoms with Crippen molar-refractivity contribution >= 4 is 11.4 Å². The summed E-state index contributed by atoms with van der Waals surface area (Å²) in [5.41, 5.74) is 7.48. The maximum absolute atomic E-state index is 5.71. The molecule has 0 radical (unpaired) electrons. The number of nitrogen functional groups attached to an aromatic ring is 1. The van der Waals surface area contributed by atoms with Crippen molar-refractivity contribution in [2.24, 2.45) is 0 Å². The molecule has 3 N–H and O–H groups in total. The Balaban J connectivity index is 1.82. The summed E-state index contributed by atoms with van der Waals surface area (Å²) in [4.78, 5) is 6.63. The van der Waals surface area contributed by atoms with Crippen molar-refractivity contribution in [1.29, 1.82) is 0 Å². The zero-order valence-corrected chi connectivity index (χ0v) is 10.5. The van der Waals surface area contributed by atoms with E-state index in [0.29, 0.717) is 6.04 Å². The van der Waals surface area contributed by atoms with E-state index in [1.165, 1.54) is 38.9 Å². The Kier molecular flexibility index (Phi) is 4.20. The van der Waals surface area contributed by atoms with Gasteiger partial charge in [0.1, 0.15) is 0 Å². The smallest absolute Gasteiger partial charge is 0.0549 e. The van der Waals surface area contributed by atoms with Crippen molar-refractivity contribution in [2.45, 2.75) is 32.2 Å². The molecule has 0 amide bonds. The molecule has 1 aliphatic rings. The zero-order valence-electron chi connectivity index (χ0n) is 10.5. The zero-order chi connectivity index (χ0) is 12.1. The van der Waals surface area contributed by atoms with Gasteiger partial charge in [-0.3, -0.25) is 4.98 Å². The van der Waals surface area contributed by atoms with E-state index in [-0.39, 0.29) is 0 Å². The van der Waals surface area contributed by atoms with Gasteiger partial charge in [-0.15, -0.1) is 0 Å². The van der Waals surface area contributed by atoms with E-state index >= 15 is 0 Å². The van der Waals surface area contributed by atoms with Gasteiger partial charge in [-0.05, 0) is 31.9 Å². The van der Waals surface area contributed by atoms with Crippen LogP contribution in [0.15, 0.2) is 18.5 Å². The molecule has 4 nitrogen and oxygen atoms in total. The normalized spacial score (nSPS) is 18.2. The van der Waals surface area contributed by atoms with Crippen molar-refractivity contribution in [3.05, 3.63) is 18.5 Å². The van der Waals surface area contributed by atoms with E-state index in [0.717, 1.165) is 11.4 Å². The van der Waals surface area contributed by atoms with E-state index in [9.17, 15) is 0 Å². The third-order valence-electron chi connectivity index (χ3n) is 3.26. The quantitative estimate of drug-likeness (QED) is 0.836. The minimum absolute atomic E-state index is 0.562. The van der Waals surface area contributed by atoms with Crippen LogP contribution >= 0.6 is 0 Å². The molecule has 17 heavy (non-hydrogen) atoms. The summed E-state index contributed by atoms with van der Waals surface area (Å²) >= 11 is 0. The molecule has 94 valence electrons. The molecule has 0 spiro atoms. The Hall–Kier alpha value is -1.29. The highest BCUT2D eigenvalue weighted by atomic mass is 15.1. The minimum Gasteiger partial charge on any atom is -0.397 e. The van der Waals surface area contributed by atoms with Crippen LogP contribution in [0.2, 0.25) is 0 Å². The molecule has 4 heteroatoms. The standard InChI is InChI=1S/C13H22N4/c1-2-5-17-6-3-12(4-7-17)16-13-8-11(14)9-15-10-13/h8-10,12,16H,2-7,14H2,1H3. The van der Waals surface area contributed by atoms with Gasteiger partial charge in [0.25, 0.3) is 0 Å². The fraction of sp³-hybridized carbons (Fsp3) is 0.615. The molecule has 0 bridgehead atoms. The number of hydrogen-bond donors (Lipinski definition) is 2. The molecule has 0 unspecified atom stereocenters. The Morgan fingerprint density at radius 3 is 2.82 bits per heavy atom. The van der Waals surface area contributed by atoms with E-state index in [1.54, 1.807) is 6.20 Å². The second-order valence-corrected chi connectivity index (χ2v) is 4.77. The van der Waals surface area contributed by atoms with E-state index in [2.05, 4.69) is 22.1 Å². The summed E-state index contributed by atoms with van der Waals surface area (Å²) in [6, 6.07) is 2.51. The summed E-state index contributed by atoms with van der Waals surface area (Å²) in [5.74, 6) is 0. The van der Waals surface area contributed by atoms with Gasteiger partial charge in [-0.25, -0.2) is 0 Å². The number of nitrogens with zero attached hydrogens (tertiary/aromatic N) is 2. The Bertz CT molecular complexity index is 345.